The Morgan fingerprint density at radius 3 is 2.65 bits per heavy atom. The van der Waals surface area contributed by atoms with Gasteiger partial charge >= 0.3 is 5.69 Å². The van der Waals surface area contributed by atoms with E-state index in [-0.39, 0.29) is 12.3 Å². The summed E-state index contributed by atoms with van der Waals surface area (Å²) in [6, 6.07) is 14.4. The second-order valence-corrected chi connectivity index (χ2v) is 9.34. The lowest BCUT2D eigenvalue weighted by Gasteiger charge is -2.11. The number of aryl methyl sites for hydroxylation is 3. The molecule has 0 fully saturated rings. The number of unbranched alkanes of at least 4 members (excludes halogenated alkanes) is 4. The molecule has 0 amide bonds. The quantitative estimate of drug-likeness (QED) is 0.267. The van der Waals surface area contributed by atoms with Gasteiger partial charge in [-0.3, -0.25) is 0 Å². The SMILES string of the molecule is CCCCCCCc1cccc(-c2csc(OCc3c(C)cccc3-n3nnn(C)c3=O)n2)c1. The summed E-state index contributed by atoms with van der Waals surface area (Å²) in [5.41, 5.74) is 5.65. The number of nitrogens with zero attached hydrogens (tertiary/aromatic N) is 5. The van der Waals surface area contributed by atoms with Crippen LogP contribution in [0.2, 0.25) is 0 Å². The summed E-state index contributed by atoms with van der Waals surface area (Å²) in [6.07, 6.45) is 7.52. The molecule has 0 aliphatic heterocycles. The normalized spacial score (nSPS) is 11.1. The molecule has 0 saturated carbocycles. The van der Waals surface area contributed by atoms with E-state index in [0.29, 0.717) is 10.9 Å². The Morgan fingerprint density at radius 2 is 1.85 bits per heavy atom. The van der Waals surface area contributed by atoms with Crippen molar-refractivity contribution >= 4 is 11.3 Å². The maximum atomic E-state index is 12.4. The van der Waals surface area contributed by atoms with E-state index in [1.54, 1.807) is 7.05 Å². The molecule has 4 aromatic rings. The Hall–Kier alpha value is -3.26. The average molecular weight is 478 g/mol. The fourth-order valence-corrected chi connectivity index (χ4v) is 4.63. The summed E-state index contributed by atoms with van der Waals surface area (Å²) in [5, 5.41) is 10.4. The first kappa shape index (κ1) is 23.9. The van der Waals surface area contributed by atoms with Gasteiger partial charge in [-0.1, -0.05) is 74.3 Å². The molecule has 0 aliphatic carbocycles. The average Bonchev–Trinajstić information content (AvgIpc) is 3.45. The van der Waals surface area contributed by atoms with Crippen molar-refractivity contribution in [1.82, 2.24) is 24.8 Å². The Balaban J connectivity index is 1.44. The van der Waals surface area contributed by atoms with Gasteiger partial charge < -0.3 is 4.74 Å². The lowest BCUT2D eigenvalue weighted by molar-refractivity contribution is 0.303. The second kappa shape index (κ2) is 11.2. The molecule has 0 saturated heterocycles. The Labute approximate surface area is 204 Å². The van der Waals surface area contributed by atoms with E-state index < -0.39 is 0 Å². The number of thiazole rings is 1. The minimum atomic E-state index is -0.298. The van der Waals surface area contributed by atoms with E-state index in [1.165, 1.54) is 58.4 Å². The number of hydrogen-bond donors (Lipinski definition) is 0. The number of benzene rings is 2. The zero-order valence-electron chi connectivity index (χ0n) is 20.0. The van der Waals surface area contributed by atoms with Gasteiger partial charge in [0.1, 0.15) is 6.61 Å². The summed E-state index contributed by atoms with van der Waals surface area (Å²) >= 11 is 1.48. The van der Waals surface area contributed by atoms with E-state index in [9.17, 15) is 4.79 Å². The Kier molecular flexibility index (Phi) is 7.90. The van der Waals surface area contributed by atoms with Crippen molar-refractivity contribution in [3.63, 3.8) is 0 Å². The number of tetrazole rings is 1. The highest BCUT2D eigenvalue weighted by atomic mass is 32.1. The largest absolute Gasteiger partial charge is 0.465 e. The van der Waals surface area contributed by atoms with Crippen LogP contribution in [0.4, 0.5) is 0 Å². The van der Waals surface area contributed by atoms with Crippen LogP contribution in [0, 0.1) is 6.92 Å². The van der Waals surface area contributed by atoms with E-state index >= 15 is 0 Å². The van der Waals surface area contributed by atoms with Gasteiger partial charge in [-0.25, -0.2) is 9.78 Å². The number of rotatable bonds is 11. The zero-order chi connectivity index (χ0) is 23.9. The first-order valence-corrected chi connectivity index (χ1v) is 12.7. The third-order valence-electron chi connectivity index (χ3n) is 5.95. The van der Waals surface area contributed by atoms with E-state index in [0.717, 1.165) is 28.8 Å². The highest BCUT2D eigenvalue weighted by Crippen LogP contribution is 2.29. The molecule has 178 valence electrons. The summed E-state index contributed by atoms with van der Waals surface area (Å²) in [5.74, 6) is 0. The van der Waals surface area contributed by atoms with Crippen LogP contribution >= 0.6 is 11.3 Å². The summed E-state index contributed by atoms with van der Waals surface area (Å²) in [7, 11) is 1.58. The zero-order valence-corrected chi connectivity index (χ0v) is 20.8. The molecular weight excluding hydrogens is 446 g/mol. The number of hydrogen-bond acceptors (Lipinski definition) is 6. The van der Waals surface area contributed by atoms with Crippen molar-refractivity contribution in [2.75, 3.05) is 0 Å². The predicted molar refractivity (Wildman–Crippen MR) is 136 cm³/mol. The van der Waals surface area contributed by atoms with Gasteiger partial charge in [0, 0.05) is 23.6 Å². The Morgan fingerprint density at radius 1 is 1.03 bits per heavy atom. The molecule has 2 aromatic carbocycles. The van der Waals surface area contributed by atoms with Crippen LogP contribution in [0.3, 0.4) is 0 Å². The molecule has 0 unspecified atom stereocenters. The summed E-state index contributed by atoms with van der Waals surface area (Å²) in [4.78, 5) is 17.1. The van der Waals surface area contributed by atoms with Gasteiger partial charge in [0.15, 0.2) is 0 Å². The highest BCUT2D eigenvalue weighted by molar-refractivity contribution is 7.11. The summed E-state index contributed by atoms with van der Waals surface area (Å²) in [6.45, 7) is 4.52. The van der Waals surface area contributed by atoms with Crippen LogP contribution in [0.15, 0.2) is 52.6 Å². The second-order valence-electron chi connectivity index (χ2n) is 8.52. The third-order valence-corrected chi connectivity index (χ3v) is 6.70. The van der Waals surface area contributed by atoms with Crippen molar-refractivity contribution in [2.45, 2.75) is 59.0 Å². The maximum Gasteiger partial charge on any atom is 0.368 e. The van der Waals surface area contributed by atoms with Crippen LogP contribution < -0.4 is 10.4 Å². The van der Waals surface area contributed by atoms with Crippen molar-refractivity contribution in [3.8, 4) is 22.1 Å². The first-order chi connectivity index (χ1) is 16.6. The van der Waals surface area contributed by atoms with Gasteiger partial charge in [-0.2, -0.15) is 9.36 Å². The number of ether oxygens (including phenoxy) is 1. The molecule has 0 spiro atoms. The minimum Gasteiger partial charge on any atom is -0.465 e. The van der Waals surface area contributed by atoms with Crippen molar-refractivity contribution in [2.24, 2.45) is 7.05 Å². The maximum absolute atomic E-state index is 12.4. The number of aromatic nitrogens is 5. The third kappa shape index (κ3) is 5.62. The van der Waals surface area contributed by atoms with Crippen molar-refractivity contribution in [3.05, 3.63) is 75.0 Å². The van der Waals surface area contributed by atoms with E-state index in [1.807, 2.05) is 30.5 Å². The van der Waals surface area contributed by atoms with E-state index in [2.05, 4.69) is 41.6 Å². The lowest BCUT2D eigenvalue weighted by Crippen LogP contribution is -2.23. The molecule has 2 heterocycles. The van der Waals surface area contributed by atoms with E-state index in [4.69, 9.17) is 9.72 Å². The van der Waals surface area contributed by atoms with Crippen molar-refractivity contribution < 1.29 is 4.74 Å². The van der Waals surface area contributed by atoms with Crippen LogP contribution in [-0.4, -0.2) is 24.8 Å². The van der Waals surface area contributed by atoms with Gasteiger partial charge in [-0.15, -0.1) is 0 Å². The summed E-state index contributed by atoms with van der Waals surface area (Å²) < 4.78 is 8.56. The molecular formula is C26H31N5O2S. The van der Waals surface area contributed by atoms with Gasteiger partial charge in [0.25, 0.3) is 5.19 Å². The van der Waals surface area contributed by atoms with Crippen LogP contribution in [0.1, 0.15) is 55.7 Å². The first-order valence-electron chi connectivity index (χ1n) is 11.8. The molecule has 0 radical (unpaired) electrons. The molecule has 34 heavy (non-hydrogen) atoms. The molecule has 8 heteroatoms. The fourth-order valence-electron chi connectivity index (χ4n) is 3.95. The van der Waals surface area contributed by atoms with Gasteiger partial charge in [0.05, 0.1) is 11.4 Å². The molecule has 0 atom stereocenters. The van der Waals surface area contributed by atoms with Gasteiger partial charge in [0.2, 0.25) is 0 Å². The van der Waals surface area contributed by atoms with Crippen LogP contribution in [-0.2, 0) is 20.1 Å². The van der Waals surface area contributed by atoms with Crippen molar-refractivity contribution in [1.29, 1.82) is 0 Å². The Bertz CT molecular complexity index is 1290. The molecule has 2 aromatic heterocycles. The molecule has 7 nitrogen and oxygen atoms in total. The van der Waals surface area contributed by atoms with Crippen LogP contribution in [0.25, 0.3) is 16.9 Å². The molecule has 0 bridgehead atoms. The molecule has 4 rings (SSSR count). The minimum absolute atomic E-state index is 0.287. The smallest absolute Gasteiger partial charge is 0.368 e. The molecule has 0 N–H and O–H groups in total. The van der Waals surface area contributed by atoms with Crippen LogP contribution in [0.5, 0.6) is 5.19 Å². The molecule has 0 aliphatic rings. The highest BCUT2D eigenvalue weighted by Gasteiger charge is 2.14. The predicted octanol–water partition coefficient (Wildman–Crippen LogP) is 5.49. The topological polar surface area (TPSA) is 74.8 Å². The monoisotopic (exact) mass is 477 g/mol. The standard InChI is InChI=1S/C26H31N5O2S/c1-4-5-6-7-8-12-20-13-10-14-21(16-20)23-18-34-25(27-23)33-17-22-19(2)11-9-15-24(22)31-26(32)30(3)28-29-31/h9-11,13-16,18H,4-8,12,17H2,1-3H3. The lowest BCUT2D eigenvalue weighted by atomic mass is 10.0. The van der Waals surface area contributed by atoms with Gasteiger partial charge in [-0.05, 0) is 53.5 Å². The fraction of sp³-hybridized carbons (Fsp3) is 0.385.